The van der Waals surface area contributed by atoms with Crippen molar-refractivity contribution in [2.45, 2.75) is 57.4 Å². The summed E-state index contributed by atoms with van der Waals surface area (Å²) in [6.45, 7) is 2.33. The van der Waals surface area contributed by atoms with Gasteiger partial charge in [0, 0.05) is 35.2 Å². The first kappa shape index (κ1) is 24.1. The van der Waals surface area contributed by atoms with Crippen LogP contribution in [0.25, 0.3) is 22.3 Å². The number of aliphatic hydroxyl groups is 1. The average molecular weight is 533 g/mol. The maximum Gasteiger partial charge on any atom is 0.343 e. The number of benzene rings is 1. The minimum absolute atomic E-state index is 0.0437. The number of nitrogens with zero attached hydrogens (tertiary/aromatic N) is 3. The van der Waals surface area contributed by atoms with Crippen molar-refractivity contribution in [1.82, 2.24) is 14.5 Å². The fraction of sp³-hybridized carbons (Fsp3) is 0.429. The monoisotopic (exact) mass is 532 g/mol. The number of carbonyl (C=O) groups excluding carboxylic acids is 2. The Kier molecular flexibility index (Phi) is 5.27. The number of fused-ring (bicyclic) bond motifs is 6. The largest absolute Gasteiger partial charge is 0.458 e. The van der Waals surface area contributed by atoms with Crippen molar-refractivity contribution in [1.29, 1.82) is 0 Å². The zero-order chi connectivity index (χ0) is 27.1. The molecular weight excluding hydrogens is 504 g/mol. The van der Waals surface area contributed by atoms with E-state index in [2.05, 4.69) is 0 Å². The van der Waals surface area contributed by atoms with E-state index in [1.807, 2.05) is 17.0 Å². The highest BCUT2D eigenvalue weighted by atomic mass is 16.7. The van der Waals surface area contributed by atoms with Gasteiger partial charge in [-0.05, 0) is 43.4 Å². The second-order valence-corrected chi connectivity index (χ2v) is 10.5. The molecule has 3 aromatic rings. The second kappa shape index (κ2) is 8.52. The highest BCUT2D eigenvalue weighted by Gasteiger charge is 2.45. The van der Waals surface area contributed by atoms with Crippen LogP contribution in [0.2, 0.25) is 0 Å². The maximum absolute atomic E-state index is 13.7. The van der Waals surface area contributed by atoms with Gasteiger partial charge in [0.1, 0.15) is 6.61 Å². The Morgan fingerprint density at radius 1 is 1.18 bits per heavy atom. The molecular formula is C28H28N4O7. The number of nitrogens with two attached hydrogens (primary N) is 1. The number of esters is 1. The summed E-state index contributed by atoms with van der Waals surface area (Å²) in [6, 6.07) is 5.64. The number of amides is 1. The lowest BCUT2D eigenvalue weighted by Gasteiger charge is -2.31. The third kappa shape index (κ3) is 3.49. The predicted molar refractivity (Wildman–Crippen MR) is 138 cm³/mol. The molecule has 0 unspecified atom stereocenters. The number of aromatic nitrogens is 2. The molecule has 1 atom stereocenters. The topological polar surface area (TPSA) is 146 Å². The zero-order valence-corrected chi connectivity index (χ0v) is 21.5. The van der Waals surface area contributed by atoms with Crippen molar-refractivity contribution in [3.8, 4) is 22.9 Å². The Morgan fingerprint density at radius 2 is 1.95 bits per heavy atom. The molecule has 0 radical (unpaired) electrons. The van der Waals surface area contributed by atoms with E-state index in [9.17, 15) is 19.5 Å². The highest BCUT2D eigenvalue weighted by molar-refractivity contribution is 5.91. The minimum Gasteiger partial charge on any atom is -0.458 e. The van der Waals surface area contributed by atoms with Crippen molar-refractivity contribution >= 4 is 22.8 Å². The fourth-order valence-electron chi connectivity index (χ4n) is 6.08. The molecule has 4 aliphatic rings. The van der Waals surface area contributed by atoms with Gasteiger partial charge in [-0.2, -0.15) is 0 Å². The molecule has 5 heterocycles. The van der Waals surface area contributed by atoms with Crippen LogP contribution in [0.1, 0.15) is 48.4 Å². The average Bonchev–Trinajstić information content (AvgIpc) is 3.56. The summed E-state index contributed by atoms with van der Waals surface area (Å²) in [6.07, 6.45) is 2.53. The smallest absolute Gasteiger partial charge is 0.343 e. The minimum atomic E-state index is -1.90. The Hall–Kier alpha value is -3.96. The van der Waals surface area contributed by atoms with Gasteiger partial charge in [-0.15, -0.1) is 0 Å². The predicted octanol–water partition coefficient (Wildman–Crippen LogP) is 1.30. The third-order valence-electron chi connectivity index (χ3n) is 8.39. The number of rotatable bonds is 6. The van der Waals surface area contributed by atoms with E-state index in [-0.39, 0.29) is 61.5 Å². The Morgan fingerprint density at radius 3 is 2.67 bits per heavy atom. The summed E-state index contributed by atoms with van der Waals surface area (Å²) in [4.78, 5) is 45.6. The first-order valence-corrected chi connectivity index (χ1v) is 13.3. The Bertz CT molecular complexity index is 1640. The van der Waals surface area contributed by atoms with Gasteiger partial charge in [0.2, 0.25) is 12.7 Å². The molecule has 0 spiro atoms. The molecule has 0 bridgehead atoms. The van der Waals surface area contributed by atoms with Crippen molar-refractivity contribution in [2.24, 2.45) is 5.73 Å². The normalized spacial score (nSPS) is 20.4. The molecule has 2 aromatic heterocycles. The second-order valence-electron chi connectivity index (χ2n) is 10.5. The van der Waals surface area contributed by atoms with E-state index in [0.717, 1.165) is 29.4 Å². The summed E-state index contributed by atoms with van der Waals surface area (Å²) in [5.74, 6) is 0.364. The van der Waals surface area contributed by atoms with Crippen LogP contribution in [0.4, 0.5) is 0 Å². The van der Waals surface area contributed by atoms with Gasteiger partial charge in [0.15, 0.2) is 17.1 Å². The van der Waals surface area contributed by atoms with Crippen LogP contribution in [-0.4, -0.2) is 57.4 Å². The van der Waals surface area contributed by atoms with E-state index in [0.29, 0.717) is 41.4 Å². The number of carbonyl (C=O) groups is 2. The van der Waals surface area contributed by atoms with Crippen molar-refractivity contribution in [3.63, 3.8) is 0 Å². The van der Waals surface area contributed by atoms with E-state index in [4.69, 9.17) is 24.9 Å². The third-order valence-corrected chi connectivity index (χ3v) is 8.39. The number of pyridine rings is 2. The fourth-order valence-corrected chi connectivity index (χ4v) is 6.08. The molecule has 11 nitrogen and oxygen atoms in total. The van der Waals surface area contributed by atoms with Crippen molar-refractivity contribution in [2.75, 3.05) is 19.9 Å². The standard InChI is InChI=1S/C28H28N4O7/c1-2-28(36)19-8-21-25-17(11-32(21)26(34)18(19)12-37-27(28)35)15(5-6-31(14-3-4-14)24(33)10-29)16-7-22-23(39-13-38-22)9-20(16)30-25/h7-9,14,36H,2-6,10-13,29H2,1H3/t28-/m0/s1. The molecule has 202 valence electrons. The molecule has 3 N–H and O–H groups in total. The van der Waals surface area contributed by atoms with Crippen LogP contribution in [0.15, 0.2) is 23.0 Å². The van der Waals surface area contributed by atoms with Crippen LogP contribution in [0.5, 0.6) is 11.5 Å². The molecule has 3 aliphatic heterocycles. The molecule has 1 saturated carbocycles. The molecule has 1 amide bonds. The quantitative estimate of drug-likeness (QED) is 0.351. The number of cyclic esters (lactones) is 1. The molecule has 0 saturated heterocycles. The number of hydrogen-bond acceptors (Lipinski definition) is 9. The molecule has 11 heteroatoms. The van der Waals surface area contributed by atoms with Gasteiger partial charge in [-0.25, -0.2) is 9.78 Å². The molecule has 39 heavy (non-hydrogen) atoms. The Balaban J connectivity index is 1.41. The van der Waals surface area contributed by atoms with Crippen LogP contribution in [0.3, 0.4) is 0 Å². The van der Waals surface area contributed by atoms with Gasteiger partial charge in [-0.3, -0.25) is 9.59 Å². The van der Waals surface area contributed by atoms with Gasteiger partial charge in [-0.1, -0.05) is 6.92 Å². The molecule has 1 fully saturated rings. The molecule has 1 aliphatic carbocycles. The van der Waals surface area contributed by atoms with Crippen molar-refractivity contribution in [3.05, 3.63) is 50.8 Å². The summed E-state index contributed by atoms with van der Waals surface area (Å²) in [7, 11) is 0. The lowest BCUT2D eigenvalue weighted by molar-refractivity contribution is -0.172. The summed E-state index contributed by atoms with van der Waals surface area (Å²) < 4.78 is 18.1. The van der Waals surface area contributed by atoms with E-state index in [1.165, 1.54) is 0 Å². The van der Waals surface area contributed by atoms with E-state index < -0.39 is 11.6 Å². The highest BCUT2D eigenvalue weighted by Crippen LogP contribution is 2.43. The van der Waals surface area contributed by atoms with E-state index >= 15 is 0 Å². The zero-order valence-electron chi connectivity index (χ0n) is 21.5. The van der Waals surface area contributed by atoms with Crippen LogP contribution in [0, 0.1) is 0 Å². The van der Waals surface area contributed by atoms with Crippen LogP contribution in [-0.2, 0) is 39.5 Å². The lowest BCUT2D eigenvalue weighted by Crippen LogP contribution is -2.44. The van der Waals surface area contributed by atoms with Gasteiger partial charge < -0.3 is 34.5 Å². The van der Waals surface area contributed by atoms with Gasteiger partial charge >= 0.3 is 5.97 Å². The summed E-state index contributed by atoms with van der Waals surface area (Å²) >= 11 is 0. The first-order chi connectivity index (χ1) is 18.8. The number of ether oxygens (including phenoxy) is 3. The van der Waals surface area contributed by atoms with Crippen LogP contribution < -0.4 is 20.8 Å². The first-order valence-electron chi connectivity index (χ1n) is 13.3. The maximum atomic E-state index is 13.7. The van der Waals surface area contributed by atoms with E-state index in [1.54, 1.807) is 17.6 Å². The SMILES string of the molecule is CC[C@@]1(O)C(=O)OCc2c1cc1n(c2=O)Cc2c-1nc1cc3c(cc1c2CCN(C(=O)CN)C1CC1)OCO3. The van der Waals surface area contributed by atoms with Crippen molar-refractivity contribution < 1.29 is 28.9 Å². The molecule has 1 aromatic carbocycles. The summed E-state index contributed by atoms with van der Waals surface area (Å²) in [5, 5.41) is 12.1. The Labute approximate surface area is 223 Å². The van der Waals surface area contributed by atoms with Gasteiger partial charge in [0.05, 0.1) is 35.6 Å². The number of hydrogen-bond donors (Lipinski definition) is 2. The molecule has 7 rings (SSSR count). The summed E-state index contributed by atoms with van der Waals surface area (Å²) in [5.41, 5.74) is 7.67. The lowest BCUT2D eigenvalue weighted by atomic mass is 9.86. The van der Waals surface area contributed by atoms with Gasteiger partial charge in [0.25, 0.3) is 5.56 Å². The van der Waals surface area contributed by atoms with Crippen LogP contribution >= 0.6 is 0 Å².